The monoisotopic (exact) mass is 240 g/mol. The molecule has 3 nitrogen and oxygen atoms in total. The Morgan fingerprint density at radius 1 is 1.50 bits per heavy atom. The first kappa shape index (κ1) is 11.7. The first-order valence-electron chi connectivity index (χ1n) is 5.63. The van der Waals surface area contributed by atoms with Crippen molar-refractivity contribution in [2.24, 2.45) is 0 Å². The Bertz CT molecular complexity index is 357. The molecule has 0 spiro atoms. The molecule has 2 rings (SSSR count). The van der Waals surface area contributed by atoms with E-state index in [1.807, 2.05) is 6.07 Å². The Hall–Kier alpha value is -0.800. The number of rotatable bonds is 5. The molecule has 1 heterocycles. The highest BCUT2D eigenvalue weighted by Gasteiger charge is 2.14. The van der Waals surface area contributed by atoms with E-state index in [1.165, 1.54) is 24.1 Å². The van der Waals surface area contributed by atoms with Crippen molar-refractivity contribution < 1.29 is 4.74 Å². The molecule has 0 radical (unpaired) electrons. The van der Waals surface area contributed by atoms with Crippen LogP contribution < -0.4 is 5.32 Å². The van der Waals surface area contributed by atoms with E-state index in [2.05, 4.69) is 16.4 Å². The summed E-state index contributed by atoms with van der Waals surface area (Å²) in [6.45, 7) is 0.599. The number of aryl methyl sites for hydroxylation is 2. The Labute approximate surface area is 101 Å². The second-order valence-corrected chi connectivity index (χ2v) is 4.42. The molecule has 4 heteroatoms. The van der Waals surface area contributed by atoms with E-state index in [-0.39, 0.29) is 6.04 Å². The number of hydrogen-bond donors (Lipinski definition) is 1. The number of nitrogens with zero attached hydrogens (tertiary/aromatic N) is 1. The van der Waals surface area contributed by atoms with Gasteiger partial charge in [-0.2, -0.15) is 0 Å². The summed E-state index contributed by atoms with van der Waals surface area (Å²) < 4.78 is 5.08. The lowest BCUT2D eigenvalue weighted by Gasteiger charge is -2.16. The number of pyridine rings is 1. The maximum Gasteiger partial charge on any atom is 0.126 e. The number of fused-ring (bicyclic) bond motifs is 1. The first-order chi connectivity index (χ1) is 7.83. The van der Waals surface area contributed by atoms with Gasteiger partial charge < -0.3 is 10.1 Å². The number of alkyl halides is 1. The molecule has 0 amide bonds. The predicted molar refractivity (Wildman–Crippen MR) is 66.3 cm³/mol. The summed E-state index contributed by atoms with van der Waals surface area (Å²) in [7, 11) is 1.68. The maximum absolute atomic E-state index is 5.84. The lowest BCUT2D eigenvalue weighted by atomic mass is 10.2. The molecule has 16 heavy (non-hydrogen) atoms. The summed E-state index contributed by atoms with van der Waals surface area (Å²) in [6.07, 6.45) is 3.49. The third-order valence-corrected chi connectivity index (χ3v) is 3.21. The van der Waals surface area contributed by atoms with Crippen LogP contribution in [0.1, 0.15) is 17.7 Å². The van der Waals surface area contributed by atoms with Gasteiger partial charge in [-0.3, -0.25) is 0 Å². The summed E-state index contributed by atoms with van der Waals surface area (Å²) in [6, 6.07) is 4.31. The average Bonchev–Trinajstić information content (AvgIpc) is 2.75. The van der Waals surface area contributed by atoms with Crippen LogP contribution in [0, 0.1) is 0 Å². The van der Waals surface area contributed by atoms with Crippen LogP contribution in [0.2, 0.25) is 0 Å². The number of nitrogens with one attached hydrogen (secondary N) is 1. The van der Waals surface area contributed by atoms with Crippen molar-refractivity contribution >= 4 is 17.4 Å². The van der Waals surface area contributed by atoms with Gasteiger partial charge in [0.15, 0.2) is 0 Å². The Morgan fingerprint density at radius 2 is 2.38 bits per heavy atom. The minimum Gasteiger partial charge on any atom is -0.383 e. The lowest BCUT2D eigenvalue weighted by Crippen LogP contribution is -2.27. The van der Waals surface area contributed by atoms with Crippen LogP contribution in [-0.2, 0) is 17.6 Å². The Kier molecular flexibility index (Phi) is 4.02. The summed E-state index contributed by atoms with van der Waals surface area (Å²) in [4.78, 5) is 4.60. The molecule has 1 aliphatic carbocycles. The van der Waals surface area contributed by atoms with E-state index in [0.717, 1.165) is 12.2 Å². The molecule has 1 unspecified atom stereocenters. The van der Waals surface area contributed by atoms with Crippen molar-refractivity contribution in [2.45, 2.75) is 25.3 Å². The van der Waals surface area contributed by atoms with Gasteiger partial charge in [0.25, 0.3) is 0 Å². The van der Waals surface area contributed by atoms with Gasteiger partial charge in [0.05, 0.1) is 12.6 Å². The molecule has 1 N–H and O–H groups in total. The van der Waals surface area contributed by atoms with Gasteiger partial charge in [-0.15, -0.1) is 11.6 Å². The van der Waals surface area contributed by atoms with Crippen molar-refractivity contribution in [3.05, 3.63) is 23.4 Å². The summed E-state index contributed by atoms with van der Waals surface area (Å²) in [5, 5.41) is 3.29. The summed E-state index contributed by atoms with van der Waals surface area (Å²) in [5.74, 6) is 1.43. The van der Waals surface area contributed by atoms with Crippen LogP contribution in [0.15, 0.2) is 12.1 Å². The molecule has 0 saturated carbocycles. The number of methoxy groups -OCH3 is 1. The van der Waals surface area contributed by atoms with Crippen LogP contribution in [0.25, 0.3) is 0 Å². The largest absolute Gasteiger partial charge is 0.383 e. The van der Waals surface area contributed by atoms with E-state index in [1.54, 1.807) is 7.11 Å². The van der Waals surface area contributed by atoms with Crippen LogP contribution >= 0.6 is 11.6 Å². The first-order valence-corrected chi connectivity index (χ1v) is 6.17. The van der Waals surface area contributed by atoms with E-state index in [0.29, 0.717) is 12.5 Å². The average molecular weight is 241 g/mol. The zero-order chi connectivity index (χ0) is 11.4. The van der Waals surface area contributed by atoms with Crippen LogP contribution in [0.4, 0.5) is 5.82 Å². The van der Waals surface area contributed by atoms with Gasteiger partial charge in [-0.1, -0.05) is 6.07 Å². The Morgan fingerprint density at radius 3 is 3.12 bits per heavy atom. The maximum atomic E-state index is 5.84. The minimum absolute atomic E-state index is 0.124. The fraction of sp³-hybridized carbons (Fsp3) is 0.583. The molecule has 1 aromatic rings. The number of hydrogen-bond acceptors (Lipinski definition) is 3. The lowest BCUT2D eigenvalue weighted by molar-refractivity contribution is 0.191. The molecule has 1 atom stereocenters. The summed E-state index contributed by atoms with van der Waals surface area (Å²) >= 11 is 5.84. The zero-order valence-corrected chi connectivity index (χ0v) is 10.3. The van der Waals surface area contributed by atoms with Crippen molar-refractivity contribution in [1.82, 2.24) is 4.98 Å². The molecule has 0 saturated heterocycles. The van der Waals surface area contributed by atoms with Gasteiger partial charge in [0.1, 0.15) is 5.82 Å². The molecule has 0 aromatic carbocycles. The predicted octanol–water partition coefficient (Wildman–Crippen LogP) is 2.24. The van der Waals surface area contributed by atoms with E-state index in [4.69, 9.17) is 16.3 Å². The van der Waals surface area contributed by atoms with Crippen LogP contribution in [0.3, 0.4) is 0 Å². The normalized spacial score (nSPS) is 15.9. The molecule has 0 fully saturated rings. The van der Waals surface area contributed by atoms with E-state index >= 15 is 0 Å². The van der Waals surface area contributed by atoms with E-state index in [9.17, 15) is 0 Å². The number of aromatic nitrogens is 1. The molecule has 0 aliphatic heterocycles. The number of anilines is 1. The third-order valence-electron chi connectivity index (χ3n) is 2.83. The molecule has 1 aromatic heterocycles. The van der Waals surface area contributed by atoms with Crippen molar-refractivity contribution in [3.63, 3.8) is 0 Å². The Balaban J connectivity index is 2.04. The minimum atomic E-state index is 0.124. The van der Waals surface area contributed by atoms with E-state index < -0.39 is 0 Å². The molecule has 0 bridgehead atoms. The fourth-order valence-electron chi connectivity index (χ4n) is 2.04. The highest BCUT2D eigenvalue weighted by atomic mass is 35.5. The van der Waals surface area contributed by atoms with Crippen molar-refractivity contribution in [2.75, 3.05) is 24.9 Å². The molecule has 88 valence electrons. The highest BCUT2D eigenvalue weighted by Crippen LogP contribution is 2.21. The van der Waals surface area contributed by atoms with Crippen molar-refractivity contribution in [3.8, 4) is 0 Å². The molecular weight excluding hydrogens is 224 g/mol. The summed E-state index contributed by atoms with van der Waals surface area (Å²) in [5.41, 5.74) is 2.62. The molecule has 1 aliphatic rings. The van der Waals surface area contributed by atoms with Crippen LogP contribution in [0.5, 0.6) is 0 Å². The second-order valence-electron chi connectivity index (χ2n) is 4.11. The quantitative estimate of drug-likeness (QED) is 0.802. The van der Waals surface area contributed by atoms with Gasteiger partial charge in [0.2, 0.25) is 0 Å². The van der Waals surface area contributed by atoms with Gasteiger partial charge >= 0.3 is 0 Å². The molecular formula is C12H17ClN2O. The topological polar surface area (TPSA) is 34.1 Å². The van der Waals surface area contributed by atoms with Crippen LogP contribution in [-0.4, -0.2) is 30.6 Å². The number of ether oxygens (including phenoxy) is 1. The smallest absolute Gasteiger partial charge is 0.126 e. The second kappa shape index (κ2) is 5.51. The SMILES string of the molecule is COCC(CCl)Nc1ccc2c(n1)CCC2. The highest BCUT2D eigenvalue weighted by molar-refractivity contribution is 6.18. The number of halogens is 1. The van der Waals surface area contributed by atoms with Gasteiger partial charge in [-0.05, 0) is 30.9 Å². The van der Waals surface area contributed by atoms with Crippen molar-refractivity contribution in [1.29, 1.82) is 0 Å². The standard InChI is InChI=1S/C12H17ClN2O/c1-16-8-10(7-13)14-12-6-5-9-3-2-4-11(9)15-12/h5-6,10H,2-4,7-8H2,1H3,(H,14,15). The van der Waals surface area contributed by atoms with Gasteiger partial charge in [0, 0.05) is 18.7 Å². The third kappa shape index (κ3) is 2.66. The fourth-order valence-corrected chi connectivity index (χ4v) is 2.20. The van der Waals surface area contributed by atoms with Gasteiger partial charge in [-0.25, -0.2) is 4.98 Å². The zero-order valence-electron chi connectivity index (χ0n) is 9.50.